The molecule has 372 valence electrons. The first-order valence-electron chi connectivity index (χ1n) is 26.5. The zero-order chi connectivity index (χ0) is 47.9. The second-order valence-corrected chi connectivity index (χ2v) is 17.0. The van der Waals surface area contributed by atoms with Crippen LogP contribution in [-0.4, -0.2) is 37.2 Å². The van der Waals surface area contributed by atoms with Gasteiger partial charge in [0.25, 0.3) is 0 Å². The number of hydrogen-bond acceptors (Lipinski definition) is 6. The topological polar surface area (TPSA) is 78.9 Å². The Labute approximate surface area is 405 Å². The van der Waals surface area contributed by atoms with Crippen LogP contribution < -0.4 is 0 Å². The molecule has 0 aliphatic carbocycles. The van der Waals surface area contributed by atoms with Gasteiger partial charge < -0.3 is 14.2 Å². The number of unbranched alkanes of at least 4 members (excludes halogenated alkanes) is 15. The van der Waals surface area contributed by atoms with Crippen LogP contribution in [0, 0.1) is 0 Å². The molecule has 1 unspecified atom stereocenters. The molecule has 0 aliphatic heterocycles. The summed E-state index contributed by atoms with van der Waals surface area (Å²) in [5.74, 6) is -1.08. The Kier molecular flexibility index (Phi) is 50.0. The minimum Gasteiger partial charge on any atom is -0.462 e. The summed E-state index contributed by atoms with van der Waals surface area (Å²) in [5.41, 5.74) is 0. The maximum atomic E-state index is 12.8. The van der Waals surface area contributed by atoms with Gasteiger partial charge in [-0.1, -0.05) is 213 Å². The predicted molar refractivity (Wildman–Crippen MR) is 283 cm³/mol. The highest BCUT2D eigenvalue weighted by atomic mass is 16.6. The van der Waals surface area contributed by atoms with E-state index in [1.54, 1.807) is 0 Å². The average Bonchev–Trinajstić information content (AvgIpc) is 3.31. The fraction of sp³-hybridized carbons (Fsp3) is 0.617. The van der Waals surface area contributed by atoms with Crippen molar-refractivity contribution in [3.63, 3.8) is 0 Å². The Balaban J connectivity index is 4.56. The molecule has 66 heavy (non-hydrogen) atoms. The van der Waals surface area contributed by atoms with Gasteiger partial charge in [-0.15, -0.1) is 0 Å². The van der Waals surface area contributed by atoms with Crippen LogP contribution in [0.5, 0.6) is 0 Å². The summed E-state index contributed by atoms with van der Waals surface area (Å²) in [7, 11) is 0. The average molecular weight is 913 g/mol. The third kappa shape index (κ3) is 50.8. The Morgan fingerprint density at radius 3 is 1.08 bits per heavy atom. The molecule has 0 saturated heterocycles. The molecule has 0 N–H and O–H groups in total. The highest BCUT2D eigenvalue weighted by Crippen LogP contribution is 2.13. The lowest BCUT2D eigenvalue weighted by Crippen LogP contribution is -2.30. The summed E-state index contributed by atoms with van der Waals surface area (Å²) in [6, 6.07) is 0. The van der Waals surface area contributed by atoms with Crippen LogP contribution in [0.15, 0.2) is 122 Å². The Morgan fingerprint density at radius 1 is 0.318 bits per heavy atom. The van der Waals surface area contributed by atoms with Crippen LogP contribution in [0.3, 0.4) is 0 Å². The van der Waals surface area contributed by atoms with Crippen LogP contribution in [0.25, 0.3) is 0 Å². The molecule has 6 heteroatoms. The molecule has 0 heterocycles. The number of carbonyl (C=O) groups is 3. The van der Waals surface area contributed by atoms with Crippen molar-refractivity contribution in [3.8, 4) is 0 Å². The van der Waals surface area contributed by atoms with Crippen LogP contribution >= 0.6 is 0 Å². The van der Waals surface area contributed by atoms with Crippen LogP contribution in [0.4, 0.5) is 0 Å². The third-order valence-corrected chi connectivity index (χ3v) is 10.7. The molecule has 0 aromatic carbocycles. The van der Waals surface area contributed by atoms with E-state index in [1.807, 2.05) is 12.2 Å². The van der Waals surface area contributed by atoms with Crippen molar-refractivity contribution in [3.05, 3.63) is 122 Å². The Hall–Kier alpha value is -4.19. The lowest BCUT2D eigenvalue weighted by Gasteiger charge is -2.18. The van der Waals surface area contributed by atoms with Gasteiger partial charge in [0, 0.05) is 19.3 Å². The van der Waals surface area contributed by atoms with E-state index in [2.05, 4.69) is 130 Å². The normalized spacial score (nSPS) is 13.1. The Morgan fingerprint density at radius 2 is 0.636 bits per heavy atom. The van der Waals surface area contributed by atoms with Gasteiger partial charge in [0.2, 0.25) is 0 Å². The van der Waals surface area contributed by atoms with Gasteiger partial charge in [0.05, 0.1) is 0 Å². The molecule has 0 aliphatic rings. The number of esters is 3. The fourth-order valence-corrected chi connectivity index (χ4v) is 6.78. The SMILES string of the molecule is CC/C=C\C/C=C\C/C=C\C/C=C\C/C=C\CCCC(=O)OC(COC(=O)CC/C=C\C/C=C\C/C=C\C/C=C\CC)COC(=O)CCCCCCCCC/C=C\CCCCCCCCC. The molecule has 0 aromatic rings. The molecule has 0 aromatic heterocycles. The molecule has 1 atom stereocenters. The summed E-state index contributed by atoms with van der Waals surface area (Å²) >= 11 is 0. The molecular weight excluding hydrogens is 817 g/mol. The smallest absolute Gasteiger partial charge is 0.306 e. The van der Waals surface area contributed by atoms with Crippen molar-refractivity contribution in [2.24, 2.45) is 0 Å². The largest absolute Gasteiger partial charge is 0.462 e. The van der Waals surface area contributed by atoms with Crippen LogP contribution in [0.1, 0.15) is 220 Å². The quantitative estimate of drug-likeness (QED) is 0.0262. The molecule has 0 rings (SSSR count). The van der Waals surface area contributed by atoms with Gasteiger partial charge in [-0.3, -0.25) is 14.4 Å². The number of ether oxygens (including phenoxy) is 3. The summed E-state index contributed by atoms with van der Waals surface area (Å²) < 4.78 is 16.7. The van der Waals surface area contributed by atoms with E-state index < -0.39 is 12.1 Å². The van der Waals surface area contributed by atoms with Gasteiger partial charge in [-0.05, 0) is 109 Å². The van der Waals surface area contributed by atoms with Gasteiger partial charge in [0.1, 0.15) is 13.2 Å². The first kappa shape index (κ1) is 61.8. The van der Waals surface area contributed by atoms with Crippen LogP contribution in [0.2, 0.25) is 0 Å². The number of allylic oxidation sites excluding steroid dienone is 20. The van der Waals surface area contributed by atoms with E-state index in [0.717, 1.165) is 83.5 Å². The van der Waals surface area contributed by atoms with E-state index in [0.29, 0.717) is 19.3 Å². The lowest BCUT2D eigenvalue weighted by molar-refractivity contribution is -0.166. The van der Waals surface area contributed by atoms with Crippen molar-refractivity contribution < 1.29 is 28.6 Å². The second kappa shape index (κ2) is 53.4. The first-order valence-corrected chi connectivity index (χ1v) is 26.5. The molecule has 0 radical (unpaired) electrons. The number of carbonyl (C=O) groups excluding carboxylic acids is 3. The Bertz CT molecular complexity index is 1420. The maximum Gasteiger partial charge on any atom is 0.306 e. The number of rotatable bonds is 46. The van der Waals surface area contributed by atoms with Gasteiger partial charge in [0.15, 0.2) is 6.10 Å². The van der Waals surface area contributed by atoms with Gasteiger partial charge in [-0.2, -0.15) is 0 Å². The standard InChI is InChI=1S/C60H96O6/c1-4-7-10-13-16-19-22-25-27-29-31-32-35-38-41-44-47-50-53-59(62)65-56-57(55-64-58(61)52-49-46-43-40-37-34-24-21-18-15-12-9-6-3)66-60(63)54-51-48-45-42-39-36-33-30-28-26-23-20-17-14-11-8-5-2/h8-9,11-12,17-18,20-21,26-29,33-34,36-37,42-43,45-46,57H,4-7,10,13-16,19,22-25,30-32,35,38-41,44,47-56H2,1-3H3/b11-8-,12-9-,20-17-,21-18-,28-26-,29-27-,36-33-,37-34-,45-42-,46-43-. The predicted octanol–water partition coefficient (Wildman–Crippen LogP) is 17.7. The molecule has 0 amide bonds. The highest BCUT2D eigenvalue weighted by Gasteiger charge is 2.19. The number of hydrogen-bond donors (Lipinski definition) is 0. The minimum absolute atomic E-state index is 0.128. The zero-order valence-electron chi connectivity index (χ0n) is 42.4. The zero-order valence-corrected chi connectivity index (χ0v) is 42.4. The third-order valence-electron chi connectivity index (χ3n) is 10.7. The van der Waals surface area contributed by atoms with E-state index in [1.165, 1.54) is 83.5 Å². The van der Waals surface area contributed by atoms with Crippen molar-refractivity contribution in [2.45, 2.75) is 226 Å². The summed E-state index contributed by atoms with van der Waals surface area (Å²) in [4.78, 5) is 38.0. The van der Waals surface area contributed by atoms with E-state index in [9.17, 15) is 14.4 Å². The summed E-state index contributed by atoms with van der Waals surface area (Å²) in [6.45, 7) is 6.28. The molecule has 0 fully saturated rings. The van der Waals surface area contributed by atoms with Crippen molar-refractivity contribution >= 4 is 17.9 Å². The van der Waals surface area contributed by atoms with Crippen molar-refractivity contribution in [1.82, 2.24) is 0 Å². The van der Waals surface area contributed by atoms with Crippen molar-refractivity contribution in [1.29, 1.82) is 0 Å². The first-order chi connectivity index (χ1) is 32.5. The summed E-state index contributed by atoms with van der Waals surface area (Å²) in [6.07, 6.45) is 73.5. The molecular formula is C60H96O6. The lowest BCUT2D eigenvalue weighted by atomic mass is 10.1. The molecule has 6 nitrogen and oxygen atoms in total. The van der Waals surface area contributed by atoms with Gasteiger partial charge in [-0.25, -0.2) is 0 Å². The van der Waals surface area contributed by atoms with E-state index in [-0.39, 0.29) is 38.0 Å². The minimum atomic E-state index is -0.841. The fourth-order valence-electron chi connectivity index (χ4n) is 6.78. The second-order valence-electron chi connectivity index (χ2n) is 17.0. The summed E-state index contributed by atoms with van der Waals surface area (Å²) in [5, 5.41) is 0. The highest BCUT2D eigenvalue weighted by molar-refractivity contribution is 5.71. The molecule has 0 bridgehead atoms. The van der Waals surface area contributed by atoms with E-state index >= 15 is 0 Å². The molecule has 0 saturated carbocycles. The van der Waals surface area contributed by atoms with Gasteiger partial charge >= 0.3 is 17.9 Å². The molecule has 0 spiro atoms. The van der Waals surface area contributed by atoms with E-state index in [4.69, 9.17) is 14.2 Å². The maximum absolute atomic E-state index is 12.8. The monoisotopic (exact) mass is 913 g/mol. The van der Waals surface area contributed by atoms with Crippen LogP contribution in [-0.2, 0) is 28.6 Å². The van der Waals surface area contributed by atoms with Crippen molar-refractivity contribution in [2.75, 3.05) is 13.2 Å².